The number of rotatable bonds is 2. The van der Waals surface area contributed by atoms with Crippen LogP contribution < -0.4 is 4.90 Å². The van der Waals surface area contributed by atoms with Crippen LogP contribution in [-0.4, -0.2) is 25.5 Å². The number of furan rings is 1. The lowest BCUT2D eigenvalue weighted by molar-refractivity contribution is -0.145. The fraction of sp³-hybridized carbons (Fsp3) is 0.222. The number of nitrogens with zero attached hydrogens (tertiary/aromatic N) is 1. The third-order valence-electron chi connectivity index (χ3n) is 4.33. The Morgan fingerprint density at radius 1 is 1.17 bits per heavy atom. The van der Waals surface area contributed by atoms with Crippen molar-refractivity contribution in [3.63, 3.8) is 0 Å². The Morgan fingerprint density at radius 3 is 2.78 bits per heavy atom. The molecule has 4 rings (SSSR count). The number of carbonyl (C=O) groups is 2. The van der Waals surface area contributed by atoms with Gasteiger partial charge in [-0.15, -0.1) is 0 Å². The van der Waals surface area contributed by atoms with E-state index < -0.39 is 5.92 Å². The van der Waals surface area contributed by atoms with E-state index in [-0.39, 0.29) is 18.3 Å². The normalized spacial score (nSPS) is 18.0. The van der Waals surface area contributed by atoms with E-state index in [4.69, 9.17) is 9.15 Å². The molecular weight excluding hydrogens is 294 g/mol. The van der Waals surface area contributed by atoms with Gasteiger partial charge < -0.3 is 14.1 Å². The van der Waals surface area contributed by atoms with Crippen molar-refractivity contribution in [2.45, 2.75) is 6.42 Å². The fourth-order valence-electron chi connectivity index (χ4n) is 3.16. The van der Waals surface area contributed by atoms with Crippen molar-refractivity contribution in [2.75, 3.05) is 18.6 Å². The van der Waals surface area contributed by atoms with Crippen molar-refractivity contribution in [1.29, 1.82) is 0 Å². The predicted octanol–water partition coefficient (Wildman–Crippen LogP) is 3.11. The molecule has 0 N–H and O–H groups in total. The van der Waals surface area contributed by atoms with E-state index in [1.807, 2.05) is 42.5 Å². The molecule has 1 amide bonds. The van der Waals surface area contributed by atoms with E-state index in [0.717, 1.165) is 27.6 Å². The summed E-state index contributed by atoms with van der Waals surface area (Å²) in [6.45, 7) is 0.354. The first-order valence-electron chi connectivity index (χ1n) is 7.47. The van der Waals surface area contributed by atoms with Crippen molar-refractivity contribution in [3.8, 4) is 0 Å². The average molecular weight is 309 g/mol. The first-order valence-corrected chi connectivity index (χ1v) is 7.47. The number of carbonyl (C=O) groups excluding carboxylic acids is 2. The summed E-state index contributed by atoms with van der Waals surface area (Å²) < 4.78 is 10.5. The van der Waals surface area contributed by atoms with Crippen LogP contribution in [0.2, 0.25) is 0 Å². The largest absolute Gasteiger partial charge is 0.469 e. The minimum absolute atomic E-state index is 0.0625. The average Bonchev–Trinajstić information content (AvgIpc) is 3.14. The van der Waals surface area contributed by atoms with E-state index in [2.05, 4.69) is 0 Å². The maximum atomic E-state index is 12.2. The molecule has 5 nitrogen and oxygen atoms in total. The molecule has 1 aliphatic rings. The van der Waals surface area contributed by atoms with Crippen LogP contribution in [0.15, 0.2) is 46.9 Å². The first-order chi connectivity index (χ1) is 11.2. The van der Waals surface area contributed by atoms with E-state index in [1.165, 1.54) is 7.11 Å². The monoisotopic (exact) mass is 309 g/mol. The standard InChI is InChI=1S/C18H15NO4/c1-22-18(21)11-8-17(20)19(10-11)12-6-7-16-14(9-12)13-4-2-3-5-15(13)23-16/h2-7,9,11H,8,10H2,1H3. The Balaban J connectivity index is 1.76. The quantitative estimate of drug-likeness (QED) is 0.682. The molecule has 23 heavy (non-hydrogen) atoms. The molecule has 0 bridgehead atoms. The van der Waals surface area contributed by atoms with Crippen LogP contribution in [0.4, 0.5) is 5.69 Å². The maximum absolute atomic E-state index is 12.2. The van der Waals surface area contributed by atoms with E-state index in [1.54, 1.807) is 4.90 Å². The lowest BCUT2D eigenvalue weighted by Gasteiger charge is -2.16. The number of ether oxygens (including phenoxy) is 1. The Morgan fingerprint density at radius 2 is 1.96 bits per heavy atom. The smallest absolute Gasteiger partial charge is 0.311 e. The maximum Gasteiger partial charge on any atom is 0.311 e. The molecule has 2 aromatic carbocycles. The summed E-state index contributed by atoms with van der Waals surface area (Å²) in [7, 11) is 1.35. The van der Waals surface area contributed by atoms with Crippen LogP contribution >= 0.6 is 0 Å². The zero-order chi connectivity index (χ0) is 16.0. The molecule has 1 aliphatic heterocycles. The fourth-order valence-corrected chi connectivity index (χ4v) is 3.16. The van der Waals surface area contributed by atoms with Crippen LogP contribution in [0.3, 0.4) is 0 Å². The number of hydrogen-bond acceptors (Lipinski definition) is 4. The molecule has 0 saturated carbocycles. The zero-order valence-corrected chi connectivity index (χ0v) is 12.6. The van der Waals surface area contributed by atoms with Crippen molar-refractivity contribution in [1.82, 2.24) is 0 Å². The second-order valence-electron chi connectivity index (χ2n) is 5.71. The lowest BCUT2D eigenvalue weighted by Crippen LogP contribution is -2.26. The van der Waals surface area contributed by atoms with Gasteiger partial charge in [-0.3, -0.25) is 9.59 Å². The molecule has 1 fully saturated rings. The molecule has 5 heteroatoms. The second kappa shape index (κ2) is 5.12. The van der Waals surface area contributed by atoms with Gasteiger partial charge in [0, 0.05) is 29.4 Å². The van der Waals surface area contributed by atoms with Crippen molar-refractivity contribution in [3.05, 3.63) is 42.5 Å². The number of benzene rings is 2. The van der Waals surface area contributed by atoms with Gasteiger partial charge in [0.15, 0.2) is 0 Å². The summed E-state index contributed by atoms with van der Waals surface area (Å²) in [5, 5.41) is 1.98. The van der Waals surface area contributed by atoms with Crippen LogP contribution in [0.1, 0.15) is 6.42 Å². The van der Waals surface area contributed by atoms with E-state index in [0.29, 0.717) is 6.54 Å². The van der Waals surface area contributed by atoms with Gasteiger partial charge in [-0.1, -0.05) is 18.2 Å². The molecule has 3 aromatic rings. The molecule has 0 spiro atoms. The Bertz CT molecular complexity index is 927. The molecule has 1 unspecified atom stereocenters. The van der Waals surface area contributed by atoms with Gasteiger partial charge in [-0.2, -0.15) is 0 Å². The molecule has 2 heterocycles. The third-order valence-corrected chi connectivity index (χ3v) is 4.33. The number of fused-ring (bicyclic) bond motifs is 3. The summed E-state index contributed by atoms with van der Waals surface area (Å²) in [5.41, 5.74) is 2.38. The number of methoxy groups -OCH3 is 1. The van der Waals surface area contributed by atoms with Gasteiger partial charge in [-0.05, 0) is 24.3 Å². The highest BCUT2D eigenvalue weighted by Gasteiger charge is 2.35. The number of para-hydroxylation sites is 1. The molecule has 1 aromatic heterocycles. The summed E-state index contributed by atoms with van der Waals surface area (Å²) in [5.74, 6) is -0.799. The predicted molar refractivity (Wildman–Crippen MR) is 86.2 cm³/mol. The molecule has 116 valence electrons. The Labute approximate surface area is 132 Å². The summed E-state index contributed by atoms with van der Waals surface area (Å²) in [6.07, 6.45) is 0.191. The Kier molecular flexibility index (Phi) is 3.08. The van der Waals surface area contributed by atoms with Crippen LogP contribution in [0.25, 0.3) is 21.9 Å². The van der Waals surface area contributed by atoms with Gasteiger partial charge in [0.05, 0.1) is 13.0 Å². The van der Waals surface area contributed by atoms with Gasteiger partial charge in [0.25, 0.3) is 0 Å². The lowest BCUT2D eigenvalue weighted by atomic mass is 10.1. The van der Waals surface area contributed by atoms with Crippen LogP contribution in [0, 0.1) is 5.92 Å². The highest BCUT2D eigenvalue weighted by Crippen LogP contribution is 2.33. The highest BCUT2D eigenvalue weighted by atomic mass is 16.5. The number of esters is 1. The summed E-state index contributed by atoms with van der Waals surface area (Å²) in [6, 6.07) is 13.5. The summed E-state index contributed by atoms with van der Waals surface area (Å²) >= 11 is 0. The molecule has 1 atom stereocenters. The minimum Gasteiger partial charge on any atom is -0.469 e. The molecule has 1 saturated heterocycles. The molecule has 0 aliphatic carbocycles. The van der Waals surface area contributed by atoms with E-state index in [9.17, 15) is 9.59 Å². The van der Waals surface area contributed by atoms with Gasteiger partial charge in [-0.25, -0.2) is 0 Å². The molecular formula is C18H15NO4. The highest BCUT2D eigenvalue weighted by molar-refractivity contribution is 6.08. The zero-order valence-electron chi connectivity index (χ0n) is 12.6. The van der Waals surface area contributed by atoms with Gasteiger partial charge >= 0.3 is 5.97 Å². The minimum atomic E-state index is -0.399. The van der Waals surface area contributed by atoms with Gasteiger partial charge in [0.2, 0.25) is 5.91 Å². The SMILES string of the molecule is COC(=O)C1CC(=O)N(c2ccc3oc4ccccc4c3c2)C1. The summed E-state index contributed by atoms with van der Waals surface area (Å²) in [4.78, 5) is 25.5. The number of amides is 1. The van der Waals surface area contributed by atoms with Crippen LogP contribution in [0.5, 0.6) is 0 Å². The van der Waals surface area contributed by atoms with Crippen molar-refractivity contribution >= 4 is 39.5 Å². The second-order valence-corrected chi connectivity index (χ2v) is 5.71. The van der Waals surface area contributed by atoms with Crippen molar-refractivity contribution < 1.29 is 18.7 Å². The first kappa shape index (κ1) is 13.8. The number of hydrogen-bond donors (Lipinski definition) is 0. The van der Waals surface area contributed by atoms with E-state index >= 15 is 0 Å². The Hall–Kier alpha value is -2.82. The van der Waals surface area contributed by atoms with Crippen LogP contribution in [-0.2, 0) is 14.3 Å². The van der Waals surface area contributed by atoms with Gasteiger partial charge in [0.1, 0.15) is 11.2 Å². The molecule has 0 radical (unpaired) electrons. The van der Waals surface area contributed by atoms with Crippen molar-refractivity contribution in [2.24, 2.45) is 5.92 Å². The third kappa shape index (κ3) is 2.16. The topological polar surface area (TPSA) is 59.8 Å². The number of anilines is 1.